The number of rotatable bonds is 6. The van der Waals surface area contributed by atoms with Crippen LogP contribution in [-0.4, -0.2) is 37.8 Å². The number of ketones is 1. The number of hydrogen-bond acceptors (Lipinski definition) is 5. The van der Waals surface area contributed by atoms with Gasteiger partial charge in [-0.25, -0.2) is 0 Å². The van der Waals surface area contributed by atoms with Gasteiger partial charge >= 0.3 is 0 Å². The van der Waals surface area contributed by atoms with Crippen LogP contribution >= 0.6 is 0 Å². The van der Waals surface area contributed by atoms with Crippen LogP contribution in [0.15, 0.2) is 0 Å². The van der Waals surface area contributed by atoms with Crippen LogP contribution in [0.25, 0.3) is 0 Å². The van der Waals surface area contributed by atoms with Crippen molar-refractivity contribution in [1.82, 2.24) is 0 Å². The Kier molecular flexibility index (Phi) is 5.50. The monoisotopic (exact) mass is 245 g/mol. The molecule has 2 atom stereocenters. The van der Waals surface area contributed by atoms with E-state index in [1.165, 1.54) is 14.2 Å². The lowest BCUT2D eigenvalue weighted by Crippen LogP contribution is -2.40. The van der Waals surface area contributed by atoms with Crippen LogP contribution in [0.4, 0.5) is 0 Å². The minimum atomic E-state index is -0.688. The molecule has 0 radical (unpaired) electrons. The molecule has 1 saturated carbocycles. The van der Waals surface area contributed by atoms with E-state index in [0.29, 0.717) is 12.8 Å². The van der Waals surface area contributed by atoms with Crippen LogP contribution in [-0.2, 0) is 14.3 Å². The molecule has 0 amide bonds. The Hall–Kier alpha value is -1.01. The quantitative estimate of drug-likeness (QED) is 0.400. The van der Waals surface area contributed by atoms with Gasteiger partial charge in [0.05, 0.1) is 5.92 Å². The molecule has 1 rings (SSSR count). The van der Waals surface area contributed by atoms with Gasteiger partial charge in [0, 0.05) is 31.5 Å². The molecule has 0 bridgehead atoms. The summed E-state index contributed by atoms with van der Waals surface area (Å²) < 4.78 is 10.2. The van der Waals surface area contributed by atoms with E-state index in [0.717, 1.165) is 12.8 Å². The molecule has 1 aliphatic carbocycles. The number of hydrogen-bond donors (Lipinski definition) is 0. The molecule has 0 N–H and O–H groups in total. The lowest BCUT2D eigenvalue weighted by Gasteiger charge is -2.30. The second kappa shape index (κ2) is 6.66. The first-order chi connectivity index (χ1) is 8.10. The normalized spacial score (nSPS) is 22.8. The Morgan fingerprint density at radius 1 is 1.41 bits per heavy atom. The molecule has 0 heterocycles. The van der Waals surface area contributed by atoms with E-state index in [1.54, 1.807) is 0 Å². The van der Waals surface area contributed by atoms with Gasteiger partial charge in [0.15, 0.2) is 6.29 Å². The fourth-order valence-corrected chi connectivity index (χ4v) is 2.48. The highest BCUT2D eigenvalue weighted by atomic mass is 16.7. The third-order valence-corrected chi connectivity index (χ3v) is 3.29. The Labute approximate surface area is 100 Å². The molecule has 1 aliphatic rings. The second-order valence-corrected chi connectivity index (χ2v) is 4.34. The van der Waals surface area contributed by atoms with E-state index in [1.807, 2.05) is 0 Å². The van der Waals surface area contributed by atoms with Crippen LogP contribution in [0.2, 0.25) is 0 Å². The number of nitrogens with zero attached hydrogens (tertiary/aromatic N) is 1. The summed E-state index contributed by atoms with van der Waals surface area (Å²) in [7, 11) is 2.88. The Balaban J connectivity index is 2.79. The van der Waals surface area contributed by atoms with E-state index in [2.05, 4.69) is 0 Å². The molecule has 0 aliphatic heterocycles. The number of carbonyl (C=O) groups excluding carboxylic acids is 1. The molecule has 98 valence electrons. The molecule has 0 saturated heterocycles. The molecule has 0 aromatic heterocycles. The van der Waals surface area contributed by atoms with E-state index in [-0.39, 0.29) is 18.2 Å². The fraction of sp³-hybridized carbons (Fsp3) is 0.909. The number of ether oxygens (including phenoxy) is 2. The highest BCUT2D eigenvalue weighted by Gasteiger charge is 2.39. The van der Waals surface area contributed by atoms with E-state index in [4.69, 9.17) is 9.47 Å². The molecule has 0 aromatic rings. The van der Waals surface area contributed by atoms with Crippen LogP contribution in [0.5, 0.6) is 0 Å². The van der Waals surface area contributed by atoms with Gasteiger partial charge < -0.3 is 9.47 Å². The van der Waals surface area contributed by atoms with Crippen molar-refractivity contribution in [2.75, 3.05) is 20.8 Å². The summed E-state index contributed by atoms with van der Waals surface area (Å²) in [4.78, 5) is 22.1. The number of Topliss-reactive ketones (excluding diaryl/α,β-unsaturated/α-hetero) is 1. The minimum Gasteiger partial charge on any atom is -0.355 e. The van der Waals surface area contributed by atoms with Crippen molar-refractivity contribution in [1.29, 1.82) is 0 Å². The summed E-state index contributed by atoms with van der Waals surface area (Å²) >= 11 is 0. The maximum atomic E-state index is 11.8. The van der Waals surface area contributed by atoms with Gasteiger partial charge in [-0.15, -0.1) is 0 Å². The summed E-state index contributed by atoms with van der Waals surface area (Å²) in [6.07, 6.45) is 2.34. The van der Waals surface area contributed by atoms with E-state index >= 15 is 0 Å². The smallest absolute Gasteiger partial charge is 0.212 e. The van der Waals surface area contributed by atoms with Crippen LogP contribution < -0.4 is 0 Å². The van der Waals surface area contributed by atoms with Crippen molar-refractivity contribution in [3.8, 4) is 0 Å². The Morgan fingerprint density at radius 2 is 2.06 bits per heavy atom. The molecular formula is C11H19NO5. The van der Waals surface area contributed by atoms with Gasteiger partial charge in [-0.3, -0.25) is 14.9 Å². The maximum absolute atomic E-state index is 11.8. The first kappa shape index (κ1) is 14.1. The molecule has 1 fully saturated rings. The van der Waals surface area contributed by atoms with Crippen molar-refractivity contribution >= 4 is 5.78 Å². The van der Waals surface area contributed by atoms with Gasteiger partial charge in [-0.05, 0) is 12.8 Å². The third-order valence-electron chi connectivity index (χ3n) is 3.29. The van der Waals surface area contributed by atoms with E-state index in [9.17, 15) is 14.9 Å². The Bertz CT molecular complexity index is 277. The average molecular weight is 245 g/mol. The summed E-state index contributed by atoms with van der Waals surface area (Å²) in [6, 6.07) is 0. The highest BCUT2D eigenvalue weighted by molar-refractivity contribution is 5.81. The first-order valence-electron chi connectivity index (χ1n) is 5.80. The lowest BCUT2D eigenvalue weighted by molar-refractivity contribution is -0.495. The SMILES string of the molecule is COC(OC)[C@H](C[N+](=O)[O-])[C@@H]1CCCCC1=O. The number of methoxy groups -OCH3 is 2. The molecule has 17 heavy (non-hydrogen) atoms. The predicted molar refractivity (Wildman–Crippen MR) is 60.1 cm³/mol. The molecule has 6 nitrogen and oxygen atoms in total. The minimum absolute atomic E-state index is 0.0993. The topological polar surface area (TPSA) is 78.7 Å². The van der Waals surface area contributed by atoms with E-state index < -0.39 is 17.1 Å². The summed E-state index contributed by atoms with van der Waals surface area (Å²) in [5.41, 5.74) is 0. The van der Waals surface area contributed by atoms with Gasteiger partial charge in [0.1, 0.15) is 5.78 Å². The predicted octanol–water partition coefficient (Wildman–Crippen LogP) is 1.26. The fourth-order valence-electron chi connectivity index (χ4n) is 2.48. The average Bonchev–Trinajstić information content (AvgIpc) is 2.29. The van der Waals surface area contributed by atoms with Crippen molar-refractivity contribution in [3.05, 3.63) is 10.1 Å². The Morgan fingerprint density at radius 3 is 2.53 bits per heavy atom. The van der Waals surface area contributed by atoms with Gasteiger partial charge in [0.25, 0.3) is 0 Å². The van der Waals surface area contributed by atoms with Gasteiger partial charge in [-0.2, -0.15) is 0 Å². The molecular weight excluding hydrogens is 226 g/mol. The summed E-state index contributed by atoms with van der Waals surface area (Å²) in [5, 5.41) is 10.7. The van der Waals surface area contributed by atoms with Crippen LogP contribution in [0.3, 0.4) is 0 Å². The van der Waals surface area contributed by atoms with Crippen molar-refractivity contribution in [2.24, 2.45) is 11.8 Å². The zero-order chi connectivity index (χ0) is 12.8. The number of carbonyl (C=O) groups is 1. The second-order valence-electron chi connectivity index (χ2n) is 4.34. The van der Waals surface area contributed by atoms with Crippen LogP contribution in [0, 0.1) is 22.0 Å². The molecule has 0 spiro atoms. The summed E-state index contributed by atoms with van der Waals surface area (Å²) in [5.74, 6) is -0.700. The highest BCUT2D eigenvalue weighted by Crippen LogP contribution is 2.30. The maximum Gasteiger partial charge on any atom is 0.212 e. The van der Waals surface area contributed by atoms with Crippen LogP contribution in [0.1, 0.15) is 25.7 Å². The molecule has 0 unspecified atom stereocenters. The van der Waals surface area contributed by atoms with Gasteiger partial charge in [0.2, 0.25) is 6.54 Å². The van der Waals surface area contributed by atoms with Crippen molar-refractivity contribution < 1.29 is 19.2 Å². The largest absolute Gasteiger partial charge is 0.355 e. The van der Waals surface area contributed by atoms with Crippen molar-refractivity contribution in [3.63, 3.8) is 0 Å². The third kappa shape index (κ3) is 3.74. The lowest BCUT2D eigenvalue weighted by atomic mass is 9.78. The summed E-state index contributed by atoms with van der Waals surface area (Å²) in [6.45, 7) is -0.289. The molecule has 0 aromatic carbocycles. The van der Waals surface area contributed by atoms with Crippen molar-refractivity contribution in [2.45, 2.75) is 32.0 Å². The molecule has 6 heteroatoms. The number of nitro groups is 1. The first-order valence-corrected chi connectivity index (χ1v) is 5.80. The zero-order valence-electron chi connectivity index (χ0n) is 10.3. The zero-order valence-corrected chi connectivity index (χ0v) is 10.3. The van der Waals surface area contributed by atoms with Gasteiger partial charge in [-0.1, -0.05) is 6.42 Å². The standard InChI is InChI=1S/C11H19NO5/c1-16-11(17-2)9(7-12(14)15)8-5-3-4-6-10(8)13/h8-9,11H,3-7H2,1-2H3/t8-,9+/m0/s1.